The van der Waals surface area contributed by atoms with E-state index in [-0.39, 0.29) is 11.8 Å². The van der Waals surface area contributed by atoms with Crippen LogP contribution in [0.4, 0.5) is 5.69 Å². The molecule has 0 spiro atoms. The molecule has 92 valence electrons. The number of carbonyl (C=O) groups is 1. The molecule has 0 radical (unpaired) electrons. The molecule has 1 N–H and O–H groups in total. The smallest absolute Gasteiger partial charge is 0.229 e. The molecule has 1 heterocycles. The molecular formula is C13H17NO3. The van der Waals surface area contributed by atoms with Crippen LogP contribution in [0.25, 0.3) is 0 Å². The SMILES string of the molecule is COc1ccc(NC(=O)C2CCCOC2)cc1. The highest BCUT2D eigenvalue weighted by atomic mass is 16.5. The van der Waals surface area contributed by atoms with E-state index in [1.807, 2.05) is 24.3 Å². The highest BCUT2D eigenvalue weighted by molar-refractivity contribution is 5.92. The Bertz CT molecular complexity index is 369. The van der Waals surface area contributed by atoms with Crippen molar-refractivity contribution in [3.05, 3.63) is 24.3 Å². The van der Waals surface area contributed by atoms with E-state index >= 15 is 0 Å². The molecule has 1 saturated heterocycles. The average Bonchev–Trinajstić information content (AvgIpc) is 2.40. The lowest BCUT2D eigenvalue weighted by Gasteiger charge is -2.21. The number of ether oxygens (including phenoxy) is 2. The molecule has 1 atom stereocenters. The molecule has 1 aromatic rings. The van der Waals surface area contributed by atoms with E-state index in [9.17, 15) is 4.79 Å². The zero-order chi connectivity index (χ0) is 12.1. The first kappa shape index (κ1) is 11.9. The molecule has 1 aliphatic rings. The van der Waals surface area contributed by atoms with Crippen LogP contribution in [-0.4, -0.2) is 26.2 Å². The molecule has 0 saturated carbocycles. The van der Waals surface area contributed by atoms with Crippen LogP contribution in [0.15, 0.2) is 24.3 Å². The van der Waals surface area contributed by atoms with Crippen molar-refractivity contribution in [1.29, 1.82) is 0 Å². The Morgan fingerprint density at radius 3 is 2.76 bits per heavy atom. The molecule has 17 heavy (non-hydrogen) atoms. The van der Waals surface area contributed by atoms with Crippen LogP contribution in [0, 0.1) is 5.92 Å². The van der Waals surface area contributed by atoms with E-state index in [1.54, 1.807) is 7.11 Å². The van der Waals surface area contributed by atoms with Crippen molar-refractivity contribution in [1.82, 2.24) is 0 Å². The predicted molar refractivity (Wildman–Crippen MR) is 65.2 cm³/mol. The lowest BCUT2D eigenvalue weighted by Crippen LogP contribution is -2.30. The molecule has 1 unspecified atom stereocenters. The molecule has 1 fully saturated rings. The van der Waals surface area contributed by atoms with Gasteiger partial charge in [0.2, 0.25) is 5.91 Å². The molecule has 2 rings (SSSR count). The van der Waals surface area contributed by atoms with Crippen molar-refractivity contribution in [3.8, 4) is 5.75 Å². The maximum Gasteiger partial charge on any atom is 0.229 e. The van der Waals surface area contributed by atoms with Gasteiger partial charge in [0.05, 0.1) is 19.6 Å². The summed E-state index contributed by atoms with van der Waals surface area (Å²) in [5, 5.41) is 2.89. The summed E-state index contributed by atoms with van der Waals surface area (Å²) < 4.78 is 10.4. The van der Waals surface area contributed by atoms with Gasteiger partial charge in [-0.1, -0.05) is 0 Å². The van der Waals surface area contributed by atoms with Gasteiger partial charge < -0.3 is 14.8 Å². The average molecular weight is 235 g/mol. The number of benzene rings is 1. The number of rotatable bonds is 3. The van der Waals surface area contributed by atoms with E-state index in [1.165, 1.54) is 0 Å². The van der Waals surface area contributed by atoms with Gasteiger partial charge in [0.15, 0.2) is 0 Å². The third-order valence-corrected chi connectivity index (χ3v) is 2.89. The van der Waals surface area contributed by atoms with Gasteiger partial charge in [-0.25, -0.2) is 0 Å². The van der Waals surface area contributed by atoms with Gasteiger partial charge in [0.25, 0.3) is 0 Å². The highest BCUT2D eigenvalue weighted by Gasteiger charge is 2.21. The zero-order valence-corrected chi connectivity index (χ0v) is 9.94. The number of nitrogens with one attached hydrogen (secondary N) is 1. The molecule has 4 heteroatoms. The molecule has 4 nitrogen and oxygen atoms in total. The number of hydrogen-bond acceptors (Lipinski definition) is 3. The zero-order valence-electron chi connectivity index (χ0n) is 9.94. The predicted octanol–water partition coefficient (Wildman–Crippen LogP) is 2.06. The molecule has 0 aliphatic carbocycles. The van der Waals surface area contributed by atoms with Crippen molar-refractivity contribution in [2.45, 2.75) is 12.8 Å². The van der Waals surface area contributed by atoms with E-state index < -0.39 is 0 Å². The fourth-order valence-electron chi connectivity index (χ4n) is 1.87. The standard InChI is InChI=1S/C13H17NO3/c1-16-12-6-4-11(5-7-12)14-13(15)10-3-2-8-17-9-10/h4-7,10H,2-3,8-9H2,1H3,(H,14,15). The lowest BCUT2D eigenvalue weighted by atomic mass is 10.0. The fraction of sp³-hybridized carbons (Fsp3) is 0.462. The number of anilines is 1. The van der Waals surface area contributed by atoms with Gasteiger partial charge in [0, 0.05) is 12.3 Å². The van der Waals surface area contributed by atoms with E-state index in [4.69, 9.17) is 9.47 Å². The van der Waals surface area contributed by atoms with Gasteiger partial charge in [-0.3, -0.25) is 4.79 Å². The lowest BCUT2D eigenvalue weighted by molar-refractivity contribution is -0.123. The Labute approximate surface area is 101 Å². The van der Waals surface area contributed by atoms with Crippen LogP contribution >= 0.6 is 0 Å². The monoisotopic (exact) mass is 235 g/mol. The molecule has 0 aromatic heterocycles. The first-order valence-electron chi connectivity index (χ1n) is 5.82. The number of amides is 1. The fourth-order valence-corrected chi connectivity index (χ4v) is 1.87. The third-order valence-electron chi connectivity index (χ3n) is 2.89. The Morgan fingerprint density at radius 1 is 1.41 bits per heavy atom. The second-order valence-corrected chi connectivity index (χ2v) is 4.13. The van der Waals surface area contributed by atoms with E-state index in [0.717, 1.165) is 30.9 Å². The van der Waals surface area contributed by atoms with Gasteiger partial charge >= 0.3 is 0 Å². The molecular weight excluding hydrogens is 218 g/mol. The Morgan fingerprint density at radius 2 is 2.18 bits per heavy atom. The van der Waals surface area contributed by atoms with Crippen LogP contribution in [-0.2, 0) is 9.53 Å². The van der Waals surface area contributed by atoms with Crippen LogP contribution < -0.4 is 10.1 Å². The Kier molecular flexibility index (Phi) is 3.98. The van der Waals surface area contributed by atoms with Crippen LogP contribution in [0.3, 0.4) is 0 Å². The van der Waals surface area contributed by atoms with Crippen molar-refractivity contribution in [3.63, 3.8) is 0 Å². The van der Waals surface area contributed by atoms with E-state index in [2.05, 4.69) is 5.32 Å². The minimum atomic E-state index is -0.0224. The molecule has 1 aliphatic heterocycles. The summed E-state index contributed by atoms with van der Waals surface area (Å²) in [6.07, 6.45) is 1.86. The van der Waals surface area contributed by atoms with Crippen LogP contribution in [0.2, 0.25) is 0 Å². The first-order valence-corrected chi connectivity index (χ1v) is 5.82. The van der Waals surface area contributed by atoms with Crippen LogP contribution in [0.5, 0.6) is 5.75 Å². The minimum Gasteiger partial charge on any atom is -0.497 e. The van der Waals surface area contributed by atoms with Crippen molar-refractivity contribution < 1.29 is 14.3 Å². The molecule has 1 amide bonds. The summed E-state index contributed by atoms with van der Waals surface area (Å²) in [4.78, 5) is 11.9. The Hall–Kier alpha value is -1.55. The van der Waals surface area contributed by atoms with Crippen molar-refractivity contribution in [2.24, 2.45) is 5.92 Å². The van der Waals surface area contributed by atoms with Crippen molar-refractivity contribution in [2.75, 3.05) is 25.6 Å². The normalized spacial score (nSPS) is 19.7. The second kappa shape index (κ2) is 5.68. The number of carbonyl (C=O) groups excluding carboxylic acids is 1. The summed E-state index contributed by atoms with van der Waals surface area (Å²) >= 11 is 0. The summed E-state index contributed by atoms with van der Waals surface area (Å²) in [5.74, 6) is 0.796. The first-order chi connectivity index (χ1) is 8.29. The van der Waals surface area contributed by atoms with Crippen molar-refractivity contribution >= 4 is 11.6 Å². The Balaban J connectivity index is 1.92. The summed E-state index contributed by atoms with van der Waals surface area (Å²) in [5.41, 5.74) is 0.793. The summed E-state index contributed by atoms with van der Waals surface area (Å²) in [6, 6.07) is 7.32. The second-order valence-electron chi connectivity index (χ2n) is 4.13. The minimum absolute atomic E-state index is 0.0224. The summed E-state index contributed by atoms with van der Waals surface area (Å²) in [6.45, 7) is 1.30. The number of hydrogen-bond donors (Lipinski definition) is 1. The third kappa shape index (κ3) is 3.20. The van der Waals surface area contributed by atoms with Gasteiger partial charge in [0.1, 0.15) is 5.75 Å². The topological polar surface area (TPSA) is 47.6 Å². The highest BCUT2D eigenvalue weighted by Crippen LogP contribution is 2.18. The van der Waals surface area contributed by atoms with Crippen LogP contribution in [0.1, 0.15) is 12.8 Å². The number of methoxy groups -OCH3 is 1. The van der Waals surface area contributed by atoms with Gasteiger partial charge in [-0.05, 0) is 37.1 Å². The maximum atomic E-state index is 11.9. The van der Waals surface area contributed by atoms with Gasteiger partial charge in [-0.15, -0.1) is 0 Å². The molecule has 0 bridgehead atoms. The quantitative estimate of drug-likeness (QED) is 0.872. The molecule has 1 aromatic carbocycles. The maximum absolute atomic E-state index is 11.9. The summed E-state index contributed by atoms with van der Waals surface area (Å²) in [7, 11) is 1.62. The van der Waals surface area contributed by atoms with Gasteiger partial charge in [-0.2, -0.15) is 0 Å². The van der Waals surface area contributed by atoms with E-state index in [0.29, 0.717) is 6.61 Å². The largest absolute Gasteiger partial charge is 0.497 e.